The van der Waals surface area contributed by atoms with Crippen molar-refractivity contribution in [3.05, 3.63) is 0 Å². The smallest absolute Gasteiger partial charge is 0.309 e. The van der Waals surface area contributed by atoms with E-state index >= 15 is 0 Å². The molecule has 0 aromatic heterocycles. The third kappa shape index (κ3) is 2.07. The first-order valence-corrected chi connectivity index (χ1v) is 9.56. The topological polar surface area (TPSA) is 126 Å². The summed E-state index contributed by atoms with van der Waals surface area (Å²) in [7, 11) is 0. The van der Waals surface area contributed by atoms with Crippen LogP contribution in [0.15, 0.2) is 0 Å². The summed E-state index contributed by atoms with van der Waals surface area (Å²) in [5, 5.41) is 34.1. The van der Waals surface area contributed by atoms with Gasteiger partial charge in [0, 0.05) is 18.8 Å². The molecule has 152 valence electrons. The number of aliphatic hydroxyl groups is 3. The van der Waals surface area contributed by atoms with E-state index in [-0.39, 0.29) is 12.8 Å². The molecule has 2 aliphatic carbocycles. The van der Waals surface area contributed by atoms with Gasteiger partial charge in [0.1, 0.15) is 17.8 Å². The minimum atomic E-state index is -2.02. The number of hydrogen-bond acceptors (Lipinski definition) is 8. The summed E-state index contributed by atoms with van der Waals surface area (Å²) in [5.74, 6) is -2.74. The van der Waals surface area contributed by atoms with Crippen LogP contribution in [-0.2, 0) is 23.8 Å². The van der Waals surface area contributed by atoms with Crippen molar-refractivity contribution in [1.29, 1.82) is 0 Å². The molecule has 8 heteroatoms. The second kappa shape index (κ2) is 5.23. The lowest BCUT2D eigenvalue weighted by molar-refractivity contribution is -0.250. The highest BCUT2D eigenvalue weighted by Crippen LogP contribution is 2.70. The number of carbonyl (C=O) groups is 2. The summed E-state index contributed by atoms with van der Waals surface area (Å²) in [4.78, 5) is 24.7. The van der Waals surface area contributed by atoms with Crippen LogP contribution in [0.4, 0.5) is 0 Å². The van der Waals surface area contributed by atoms with Crippen molar-refractivity contribution >= 4 is 11.9 Å². The van der Waals surface area contributed by atoms with Crippen LogP contribution in [0, 0.1) is 17.8 Å². The van der Waals surface area contributed by atoms with E-state index in [9.17, 15) is 24.9 Å². The fraction of sp³-hybridized carbons (Fsp3) is 0.895. The Balaban J connectivity index is 1.85. The summed E-state index contributed by atoms with van der Waals surface area (Å²) >= 11 is 0. The van der Waals surface area contributed by atoms with Crippen molar-refractivity contribution in [2.75, 3.05) is 0 Å². The molecule has 4 rings (SSSR count). The predicted molar refractivity (Wildman–Crippen MR) is 90.3 cm³/mol. The van der Waals surface area contributed by atoms with Crippen molar-refractivity contribution in [2.24, 2.45) is 17.8 Å². The van der Waals surface area contributed by atoms with E-state index in [0.717, 1.165) is 0 Å². The van der Waals surface area contributed by atoms with Crippen LogP contribution < -0.4 is 0 Å². The first kappa shape index (κ1) is 19.1. The average Bonchev–Trinajstić information content (AvgIpc) is 3.14. The first-order chi connectivity index (χ1) is 12.3. The summed E-state index contributed by atoms with van der Waals surface area (Å²) < 4.78 is 17.0. The molecule has 0 aromatic rings. The molecule has 0 aromatic carbocycles. The van der Waals surface area contributed by atoms with E-state index in [2.05, 4.69) is 0 Å². The Labute approximate surface area is 157 Å². The van der Waals surface area contributed by atoms with Gasteiger partial charge in [-0.2, -0.15) is 0 Å². The Hall–Kier alpha value is -1.22. The molecule has 8 nitrogen and oxygen atoms in total. The molecule has 2 saturated carbocycles. The van der Waals surface area contributed by atoms with Crippen LogP contribution in [0.3, 0.4) is 0 Å². The third-order valence-electron chi connectivity index (χ3n) is 7.22. The van der Waals surface area contributed by atoms with Crippen LogP contribution in [-0.4, -0.2) is 68.0 Å². The molecule has 27 heavy (non-hydrogen) atoms. The molecule has 4 aliphatic rings. The lowest BCUT2D eigenvalue weighted by atomic mass is 9.68. The van der Waals surface area contributed by atoms with Gasteiger partial charge < -0.3 is 29.5 Å². The number of hydrogen-bond donors (Lipinski definition) is 3. The molecule has 0 radical (unpaired) electrons. The molecule has 9 atom stereocenters. The van der Waals surface area contributed by atoms with Crippen LogP contribution in [0.1, 0.15) is 47.5 Å². The molecule has 0 bridgehead atoms. The Morgan fingerprint density at radius 1 is 1.19 bits per heavy atom. The molecular formula is C19H28O8. The van der Waals surface area contributed by atoms with Crippen molar-refractivity contribution in [3.8, 4) is 0 Å². The van der Waals surface area contributed by atoms with Crippen LogP contribution in [0.25, 0.3) is 0 Å². The van der Waals surface area contributed by atoms with E-state index < -0.39 is 70.4 Å². The summed E-state index contributed by atoms with van der Waals surface area (Å²) in [6.07, 6.45) is -2.48. The quantitative estimate of drug-likeness (QED) is 0.445. The Bertz CT molecular complexity index is 700. The molecular weight excluding hydrogens is 356 g/mol. The molecule has 0 amide bonds. The van der Waals surface area contributed by atoms with E-state index in [1.54, 1.807) is 20.8 Å². The van der Waals surface area contributed by atoms with Gasteiger partial charge in [0.15, 0.2) is 11.2 Å². The van der Waals surface area contributed by atoms with Gasteiger partial charge in [-0.1, -0.05) is 20.8 Å². The molecule has 1 spiro atoms. The lowest BCUT2D eigenvalue weighted by Crippen LogP contribution is -2.70. The van der Waals surface area contributed by atoms with E-state index in [0.29, 0.717) is 0 Å². The van der Waals surface area contributed by atoms with Gasteiger partial charge in [0.2, 0.25) is 0 Å². The van der Waals surface area contributed by atoms with Gasteiger partial charge in [-0.25, -0.2) is 0 Å². The molecule has 2 aliphatic heterocycles. The second-order valence-electron chi connectivity index (χ2n) is 9.42. The fourth-order valence-electron chi connectivity index (χ4n) is 5.73. The maximum Gasteiger partial charge on any atom is 0.309 e. The standard InChI is InChI=1S/C19H28O8/c1-8(2)14(20)25-10-6-17(5,23)19-11(27-19)7-16(4,22)18(19,24)13-12(10)9(3)15(21)26-13/h8-13,22-24H,6-7H2,1-5H3. The maximum atomic E-state index is 12.4. The van der Waals surface area contributed by atoms with Gasteiger partial charge in [-0.3, -0.25) is 9.59 Å². The molecule has 4 fully saturated rings. The normalized spacial score (nSPS) is 56.0. The minimum absolute atomic E-state index is 0.0253. The number of carbonyl (C=O) groups excluding carboxylic acids is 2. The van der Waals surface area contributed by atoms with Gasteiger partial charge >= 0.3 is 11.9 Å². The van der Waals surface area contributed by atoms with Crippen molar-refractivity contribution in [3.63, 3.8) is 0 Å². The molecule has 2 heterocycles. The van der Waals surface area contributed by atoms with Crippen LogP contribution >= 0.6 is 0 Å². The lowest BCUT2D eigenvalue weighted by Gasteiger charge is -2.47. The van der Waals surface area contributed by atoms with Crippen molar-refractivity contribution in [1.82, 2.24) is 0 Å². The van der Waals surface area contributed by atoms with Crippen LogP contribution in [0.2, 0.25) is 0 Å². The SMILES string of the molecule is CC(C)C(=O)OC1CC(C)(O)C23OC2CC(C)(O)C3(O)C2OC(=O)C(C)C12. The number of epoxide rings is 1. The average molecular weight is 384 g/mol. The summed E-state index contributed by atoms with van der Waals surface area (Å²) in [5.41, 5.74) is -6.72. The predicted octanol–water partition coefficient (Wildman–Crippen LogP) is -0.0900. The maximum absolute atomic E-state index is 12.4. The molecule has 3 N–H and O–H groups in total. The van der Waals surface area contributed by atoms with Gasteiger partial charge in [-0.05, 0) is 13.8 Å². The second-order valence-corrected chi connectivity index (χ2v) is 9.42. The Morgan fingerprint density at radius 2 is 1.81 bits per heavy atom. The largest absolute Gasteiger partial charge is 0.462 e. The number of fused-ring (bicyclic) bond motifs is 2. The number of esters is 2. The van der Waals surface area contributed by atoms with Crippen molar-refractivity contribution < 1.29 is 39.1 Å². The highest BCUT2D eigenvalue weighted by Gasteiger charge is 2.91. The Morgan fingerprint density at radius 3 is 2.41 bits per heavy atom. The minimum Gasteiger partial charge on any atom is -0.462 e. The zero-order chi connectivity index (χ0) is 20.2. The number of rotatable bonds is 2. The molecule has 2 saturated heterocycles. The van der Waals surface area contributed by atoms with Crippen molar-refractivity contribution in [2.45, 2.75) is 88.2 Å². The third-order valence-corrected chi connectivity index (χ3v) is 7.22. The van der Waals surface area contributed by atoms with Gasteiger partial charge in [-0.15, -0.1) is 0 Å². The fourth-order valence-corrected chi connectivity index (χ4v) is 5.73. The summed E-state index contributed by atoms with van der Waals surface area (Å²) in [6.45, 7) is 8.02. The Kier molecular flexibility index (Phi) is 3.70. The first-order valence-electron chi connectivity index (χ1n) is 9.56. The zero-order valence-corrected chi connectivity index (χ0v) is 16.3. The number of ether oxygens (including phenoxy) is 3. The summed E-state index contributed by atoms with van der Waals surface area (Å²) in [6, 6.07) is 0. The highest BCUT2D eigenvalue weighted by atomic mass is 16.7. The monoisotopic (exact) mass is 384 g/mol. The van der Waals surface area contributed by atoms with Gasteiger partial charge in [0.25, 0.3) is 0 Å². The van der Waals surface area contributed by atoms with E-state index in [4.69, 9.17) is 14.2 Å². The molecule has 9 unspecified atom stereocenters. The highest BCUT2D eigenvalue weighted by molar-refractivity contribution is 5.76. The van der Waals surface area contributed by atoms with Gasteiger partial charge in [0.05, 0.1) is 23.5 Å². The van der Waals surface area contributed by atoms with E-state index in [1.807, 2.05) is 0 Å². The zero-order valence-electron chi connectivity index (χ0n) is 16.3. The van der Waals surface area contributed by atoms with Crippen LogP contribution in [0.5, 0.6) is 0 Å². The van der Waals surface area contributed by atoms with E-state index in [1.165, 1.54) is 13.8 Å².